The van der Waals surface area contributed by atoms with Crippen LogP contribution in [0.15, 0.2) is 18.2 Å². The summed E-state index contributed by atoms with van der Waals surface area (Å²) in [6, 6.07) is 6.12. The number of aryl methyl sites for hydroxylation is 1. The zero-order valence-electron chi connectivity index (χ0n) is 10.0. The van der Waals surface area contributed by atoms with Gasteiger partial charge in [0.1, 0.15) is 0 Å². The van der Waals surface area contributed by atoms with Crippen LogP contribution in [0.3, 0.4) is 0 Å². The number of nitrogens with zero attached hydrogens (tertiary/aromatic N) is 1. The van der Waals surface area contributed by atoms with Gasteiger partial charge in [0.2, 0.25) is 0 Å². The monoisotopic (exact) mass is 254 g/mol. The molecule has 0 atom stereocenters. The summed E-state index contributed by atoms with van der Waals surface area (Å²) in [5, 5.41) is 0. The summed E-state index contributed by atoms with van der Waals surface area (Å²) in [6.45, 7) is 3.71. The van der Waals surface area contributed by atoms with Gasteiger partial charge < -0.3 is 10.6 Å². The molecule has 0 bridgehead atoms. The van der Waals surface area contributed by atoms with Gasteiger partial charge in [-0.1, -0.05) is 12.1 Å². The standard InChI is InChI=1S/C12H18N2O2S/c1-10-2-3-11(9-13)8-12(10)14-4-6-17(15,16)7-5-14/h2-3,8H,4-7,9,13H2,1H3. The van der Waals surface area contributed by atoms with E-state index in [9.17, 15) is 8.42 Å². The molecule has 0 saturated carbocycles. The predicted molar refractivity (Wildman–Crippen MR) is 69.9 cm³/mol. The summed E-state index contributed by atoms with van der Waals surface area (Å²) in [5.41, 5.74) is 8.99. The Kier molecular flexibility index (Phi) is 3.40. The first-order valence-electron chi connectivity index (χ1n) is 5.77. The number of hydrogen-bond acceptors (Lipinski definition) is 4. The van der Waals surface area contributed by atoms with Gasteiger partial charge in [0.05, 0.1) is 11.5 Å². The Hall–Kier alpha value is -1.07. The third kappa shape index (κ3) is 2.79. The molecule has 4 nitrogen and oxygen atoms in total. The second-order valence-electron chi connectivity index (χ2n) is 4.46. The van der Waals surface area contributed by atoms with Crippen molar-refractivity contribution in [3.8, 4) is 0 Å². The number of hydrogen-bond donors (Lipinski definition) is 1. The highest BCUT2D eigenvalue weighted by atomic mass is 32.2. The largest absolute Gasteiger partial charge is 0.369 e. The van der Waals surface area contributed by atoms with E-state index in [1.54, 1.807) is 0 Å². The van der Waals surface area contributed by atoms with Crippen molar-refractivity contribution in [1.82, 2.24) is 0 Å². The molecule has 1 aromatic carbocycles. The van der Waals surface area contributed by atoms with Gasteiger partial charge in [-0.15, -0.1) is 0 Å². The van der Waals surface area contributed by atoms with Gasteiger partial charge in [0.25, 0.3) is 0 Å². The summed E-state index contributed by atoms with van der Waals surface area (Å²) in [7, 11) is -2.82. The summed E-state index contributed by atoms with van der Waals surface area (Å²) in [5.74, 6) is 0.499. The minimum Gasteiger partial charge on any atom is -0.369 e. The molecule has 0 aromatic heterocycles. The Bertz CT molecular complexity index is 497. The minimum absolute atomic E-state index is 0.249. The SMILES string of the molecule is Cc1ccc(CN)cc1N1CCS(=O)(=O)CC1. The second-order valence-corrected chi connectivity index (χ2v) is 6.77. The molecule has 0 unspecified atom stereocenters. The Labute approximate surface area is 102 Å². The van der Waals surface area contributed by atoms with Crippen LogP contribution in [0.1, 0.15) is 11.1 Å². The number of sulfone groups is 1. The first-order chi connectivity index (χ1) is 8.02. The average Bonchev–Trinajstić information content (AvgIpc) is 2.30. The van der Waals surface area contributed by atoms with Crippen molar-refractivity contribution in [2.75, 3.05) is 29.5 Å². The Morgan fingerprint density at radius 3 is 2.53 bits per heavy atom. The number of rotatable bonds is 2. The van der Waals surface area contributed by atoms with Crippen LogP contribution in [-0.4, -0.2) is 33.0 Å². The maximum absolute atomic E-state index is 11.4. The lowest BCUT2D eigenvalue weighted by Gasteiger charge is -2.30. The van der Waals surface area contributed by atoms with Crippen LogP contribution in [0.25, 0.3) is 0 Å². The highest BCUT2D eigenvalue weighted by molar-refractivity contribution is 7.91. The molecule has 94 valence electrons. The summed E-state index contributed by atoms with van der Waals surface area (Å²) in [6.07, 6.45) is 0. The highest BCUT2D eigenvalue weighted by Gasteiger charge is 2.22. The van der Waals surface area contributed by atoms with Gasteiger partial charge >= 0.3 is 0 Å². The highest BCUT2D eigenvalue weighted by Crippen LogP contribution is 2.23. The van der Waals surface area contributed by atoms with Gasteiger partial charge in [-0.05, 0) is 24.1 Å². The van der Waals surface area contributed by atoms with Gasteiger partial charge in [-0.2, -0.15) is 0 Å². The third-order valence-electron chi connectivity index (χ3n) is 3.19. The minimum atomic E-state index is -2.82. The Balaban J connectivity index is 2.23. The van der Waals surface area contributed by atoms with Gasteiger partial charge in [0.15, 0.2) is 9.84 Å². The Morgan fingerprint density at radius 2 is 1.94 bits per heavy atom. The molecular weight excluding hydrogens is 236 g/mol. The van der Waals surface area contributed by atoms with Gasteiger partial charge in [-0.25, -0.2) is 8.42 Å². The normalized spacial score (nSPS) is 19.3. The smallest absolute Gasteiger partial charge is 0.153 e. The van der Waals surface area contributed by atoms with E-state index in [0.29, 0.717) is 19.6 Å². The molecule has 0 amide bonds. The molecule has 17 heavy (non-hydrogen) atoms. The summed E-state index contributed by atoms with van der Waals surface area (Å²) >= 11 is 0. The first kappa shape index (κ1) is 12.4. The van der Waals surface area contributed by atoms with E-state index in [1.165, 1.54) is 5.56 Å². The van der Waals surface area contributed by atoms with Gasteiger partial charge in [0, 0.05) is 25.3 Å². The van der Waals surface area contributed by atoms with Crippen molar-refractivity contribution in [2.45, 2.75) is 13.5 Å². The Morgan fingerprint density at radius 1 is 1.29 bits per heavy atom. The quantitative estimate of drug-likeness (QED) is 0.843. The number of anilines is 1. The molecule has 2 N–H and O–H groups in total. The van der Waals surface area contributed by atoms with E-state index < -0.39 is 9.84 Å². The fraction of sp³-hybridized carbons (Fsp3) is 0.500. The van der Waals surface area contributed by atoms with E-state index in [-0.39, 0.29) is 11.5 Å². The van der Waals surface area contributed by atoms with E-state index in [4.69, 9.17) is 5.73 Å². The first-order valence-corrected chi connectivity index (χ1v) is 7.59. The summed E-state index contributed by atoms with van der Waals surface area (Å²) in [4.78, 5) is 2.13. The number of nitrogens with two attached hydrogens (primary N) is 1. The van der Waals surface area contributed by atoms with Crippen LogP contribution in [0.5, 0.6) is 0 Å². The van der Waals surface area contributed by atoms with Crippen molar-refractivity contribution in [3.63, 3.8) is 0 Å². The maximum Gasteiger partial charge on any atom is 0.153 e. The molecule has 2 rings (SSSR count). The molecule has 0 spiro atoms. The fourth-order valence-corrected chi connectivity index (χ4v) is 3.28. The molecule has 1 aromatic rings. The van der Waals surface area contributed by atoms with Crippen LogP contribution in [-0.2, 0) is 16.4 Å². The van der Waals surface area contributed by atoms with Crippen molar-refractivity contribution < 1.29 is 8.42 Å². The van der Waals surface area contributed by atoms with Crippen molar-refractivity contribution in [1.29, 1.82) is 0 Å². The van der Waals surface area contributed by atoms with E-state index in [2.05, 4.69) is 11.0 Å². The molecule has 1 aliphatic heterocycles. The molecule has 1 saturated heterocycles. The second kappa shape index (κ2) is 4.66. The van der Waals surface area contributed by atoms with Crippen LogP contribution >= 0.6 is 0 Å². The van der Waals surface area contributed by atoms with E-state index in [1.807, 2.05) is 19.1 Å². The lowest BCUT2D eigenvalue weighted by molar-refractivity contribution is 0.586. The van der Waals surface area contributed by atoms with Crippen LogP contribution in [0.4, 0.5) is 5.69 Å². The molecule has 1 aliphatic rings. The van der Waals surface area contributed by atoms with Gasteiger partial charge in [-0.3, -0.25) is 0 Å². The molecule has 1 heterocycles. The van der Waals surface area contributed by atoms with Crippen molar-refractivity contribution in [3.05, 3.63) is 29.3 Å². The van der Waals surface area contributed by atoms with Crippen LogP contribution in [0, 0.1) is 6.92 Å². The average molecular weight is 254 g/mol. The predicted octanol–water partition coefficient (Wildman–Crippen LogP) is 0.689. The lowest BCUT2D eigenvalue weighted by atomic mass is 10.1. The number of benzene rings is 1. The van der Waals surface area contributed by atoms with E-state index >= 15 is 0 Å². The zero-order valence-corrected chi connectivity index (χ0v) is 10.8. The lowest BCUT2D eigenvalue weighted by Crippen LogP contribution is -2.40. The van der Waals surface area contributed by atoms with Crippen LogP contribution in [0.2, 0.25) is 0 Å². The molecule has 0 radical (unpaired) electrons. The third-order valence-corrected chi connectivity index (χ3v) is 4.80. The van der Waals surface area contributed by atoms with Crippen LogP contribution < -0.4 is 10.6 Å². The summed E-state index contributed by atoms with van der Waals surface area (Å²) < 4.78 is 22.8. The van der Waals surface area contributed by atoms with E-state index in [0.717, 1.165) is 11.3 Å². The molecule has 5 heteroatoms. The molecule has 1 fully saturated rings. The zero-order chi connectivity index (χ0) is 12.5. The van der Waals surface area contributed by atoms with Crippen molar-refractivity contribution >= 4 is 15.5 Å². The molecule has 0 aliphatic carbocycles. The topological polar surface area (TPSA) is 63.4 Å². The molecular formula is C12H18N2O2S. The fourth-order valence-electron chi connectivity index (χ4n) is 2.08. The van der Waals surface area contributed by atoms with Crippen molar-refractivity contribution in [2.24, 2.45) is 5.73 Å². The maximum atomic E-state index is 11.4.